The van der Waals surface area contributed by atoms with Crippen molar-refractivity contribution >= 4 is 23.4 Å². The maximum absolute atomic E-state index is 12.6. The Hall–Kier alpha value is -2.41. The lowest BCUT2D eigenvalue weighted by atomic mass is 9.93. The molecule has 0 bridgehead atoms. The summed E-state index contributed by atoms with van der Waals surface area (Å²) in [6, 6.07) is 6.94. The van der Waals surface area contributed by atoms with Gasteiger partial charge in [0.15, 0.2) is 5.82 Å². The molecule has 24 heavy (non-hydrogen) atoms. The summed E-state index contributed by atoms with van der Waals surface area (Å²) in [6.07, 6.45) is 1.75. The van der Waals surface area contributed by atoms with Crippen molar-refractivity contribution in [2.75, 3.05) is 7.05 Å². The molecule has 1 N–H and O–H groups in total. The van der Waals surface area contributed by atoms with E-state index in [1.165, 1.54) is 0 Å². The Morgan fingerprint density at radius 3 is 2.88 bits per heavy atom. The number of nitrogens with zero attached hydrogens (tertiary/aromatic N) is 4. The van der Waals surface area contributed by atoms with Gasteiger partial charge in [0.1, 0.15) is 6.33 Å². The minimum atomic E-state index is -0.468. The van der Waals surface area contributed by atoms with Crippen molar-refractivity contribution in [1.82, 2.24) is 25.0 Å². The van der Waals surface area contributed by atoms with Gasteiger partial charge in [-0.15, -0.1) is 0 Å². The highest BCUT2D eigenvalue weighted by molar-refractivity contribution is 6.30. The number of carbonyl (C=O) groups excluding carboxylic acids is 2. The van der Waals surface area contributed by atoms with Crippen LogP contribution in [0.4, 0.5) is 0 Å². The van der Waals surface area contributed by atoms with Gasteiger partial charge in [0.25, 0.3) is 0 Å². The first-order valence-electron chi connectivity index (χ1n) is 7.59. The molecular formula is C16H18ClN5O2. The Labute approximate surface area is 144 Å². The molecule has 1 aromatic heterocycles. The number of nitrogens with one attached hydrogen (secondary N) is 1. The molecule has 2 aromatic rings. The Kier molecular flexibility index (Phi) is 4.53. The van der Waals surface area contributed by atoms with Gasteiger partial charge in [0.2, 0.25) is 11.8 Å². The summed E-state index contributed by atoms with van der Waals surface area (Å²) in [5.74, 6) is -0.186. The van der Waals surface area contributed by atoms with Crippen LogP contribution >= 0.6 is 11.6 Å². The van der Waals surface area contributed by atoms with Crippen molar-refractivity contribution in [1.29, 1.82) is 0 Å². The SMILES string of the molecule is CN1C(=O)C[C@@H](C(=O)NCc2ncn(C)n2)[C@H]1c1cccc(Cl)c1. The van der Waals surface area contributed by atoms with Gasteiger partial charge in [-0.25, -0.2) is 4.98 Å². The van der Waals surface area contributed by atoms with E-state index in [0.717, 1.165) is 5.56 Å². The van der Waals surface area contributed by atoms with Crippen LogP contribution in [0.3, 0.4) is 0 Å². The standard InChI is InChI=1S/C16H18ClN5O2/c1-21-9-19-13(20-21)8-18-16(24)12-7-14(23)22(2)15(12)10-4-3-5-11(17)6-10/h3-6,9,12,15H,7-8H2,1-2H3,(H,18,24)/t12-,15-/m1/s1. The lowest BCUT2D eigenvalue weighted by Crippen LogP contribution is -2.34. The zero-order valence-corrected chi connectivity index (χ0v) is 14.2. The first-order valence-corrected chi connectivity index (χ1v) is 7.97. The number of aryl methyl sites for hydroxylation is 1. The zero-order valence-electron chi connectivity index (χ0n) is 13.4. The van der Waals surface area contributed by atoms with Crippen LogP contribution in [0.1, 0.15) is 23.9 Å². The van der Waals surface area contributed by atoms with Gasteiger partial charge in [0, 0.05) is 25.5 Å². The van der Waals surface area contributed by atoms with Crippen molar-refractivity contribution in [3.63, 3.8) is 0 Å². The van der Waals surface area contributed by atoms with E-state index in [0.29, 0.717) is 10.8 Å². The van der Waals surface area contributed by atoms with Crippen molar-refractivity contribution < 1.29 is 9.59 Å². The van der Waals surface area contributed by atoms with E-state index in [1.54, 1.807) is 42.1 Å². The quantitative estimate of drug-likeness (QED) is 0.904. The van der Waals surface area contributed by atoms with Gasteiger partial charge in [-0.05, 0) is 17.7 Å². The van der Waals surface area contributed by atoms with E-state index >= 15 is 0 Å². The monoisotopic (exact) mass is 347 g/mol. The highest BCUT2D eigenvalue weighted by atomic mass is 35.5. The van der Waals surface area contributed by atoms with E-state index in [-0.39, 0.29) is 30.8 Å². The molecule has 2 atom stereocenters. The molecule has 1 aromatic carbocycles. The average Bonchev–Trinajstić information content (AvgIpc) is 3.09. The first kappa shape index (κ1) is 16.4. The van der Waals surface area contributed by atoms with Gasteiger partial charge >= 0.3 is 0 Å². The van der Waals surface area contributed by atoms with Crippen LogP contribution in [0.5, 0.6) is 0 Å². The Balaban J connectivity index is 1.76. The van der Waals surface area contributed by atoms with E-state index in [2.05, 4.69) is 15.4 Å². The molecule has 1 saturated heterocycles. The highest BCUT2D eigenvalue weighted by Crippen LogP contribution is 2.37. The Morgan fingerprint density at radius 1 is 1.42 bits per heavy atom. The number of benzene rings is 1. The third-order valence-electron chi connectivity index (χ3n) is 4.18. The highest BCUT2D eigenvalue weighted by Gasteiger charge is 2.42. The number of hydrogen-bond acceptors (Lipinski definition) is 4. The van der Waals surface area contributed by atoms with Crippen LogP contribution in [-0.2, 0) is 23.2 Å². The Bertz CT molecular complexity index is 775. The fourth-order valence-corrected chi connectivity index (χ4v) is 3.21. The molecule has 126 valence electrons. The molecular weight excluding hydrogens is 330 g/mol. The molecule has 1 fully saturated rings. The minimum Gasteiger partial charge on any atom is -0.348 e. The summed E-state index contributed by atoms with van der Waals surface area (Å²) in [5, 5.41) is 7.53. The van der Waals surface area contributed by atoms with Crippen molar-refractivity contribution in [2.24, 2.45) is 13.0 Å². The maximum atomic E-state index is 12.6. The molecule has 0 spiro atoms. The van der Waals surface area contributed by atoms with Gasteiger partial charge in [0.05, 0.1) is 18.5 Å². The fourth-order valence-electron chi connectivity index (χ4n) is 3.01. The lowest BCUT2D eigenvalue weighted by molar-refractivity contribution is -0.128. The third kappa shape index (κ3) is 3.26. The second-order valence-electron chi connectivity index (χ2n) is 5.87. The number of aromatic nitrogens is 3. The van der Waals surface area contributed by atoms with Gasteiger partial charge in [-0.1, -0.05) is 23.7 Å². The number of likely N-dealkylation sites (tertiary alicyclic amines) is 1. The average molecular weight is 348 g/mol. The zero-order chi connectivity index (χ0) is 17.3. The van der Waals surface area contributed by atoms with Crippen LogP contribution in [0.15, 0.2) is 30.6 Å². The van der Waals surface area contributed by atoms with Crippen LogP contribution < -0.4 is 5.32 Å². The summed E-state index contributed by atoms with van der Waals surface area (Å²) in [5.41, 5.74) is 0.854. The molecule has 1 aliphatic heterocycles. The lowest BCUT2D eigenvalue weighted by Gasteiger charge is -2.25. The van der Waals surface area contributed by atoms with E-state index in [9.17, 15) is 9.59 Å². The summed E-state index contributed by atoms with van der Waals surface area (Å²) in [6.45, 7) is 0.232. The van der Waals surface area contributed by atoms with Crippen molar-refractivity contribution in [3.8, 4) is 0 Å². The van der Waals surface area contributed by atoms with E-state index in [1.807, 2.05) is 12.1 Å². The van der Waals surface area contributed by atoms with Crippen LogP contribution in [0, 0.1) is 5.92 Å². The van der Waals surface area contributed by atoms with Crippen LogP contribution in [0.25, 0.3) is 0 Å². The third-order valence-corrected chi connectivity index (χ3v) is 4.42. The van der Waals surface area contributed by atoms with Gasteiger partial charge in [-0.2, -0.15) is 5.10 Å². The molecule has 1 aliphatic rings. The predicted molar refractivity (Wildman–Crippen MR) is 87.9 cm³/mol. The number of rotatable bonds is 4. The first-order chi connectivity index (χ1) is 11.5. The second kappa shape index (κ2) is 6.60. The second-order valence-corrected chi connectivity index (χ2v) is 6.30. The maximum Gasteiger partial charge on any atom is 0.226 e. The minimum absolute atomic E-state index is 0.0592. The molecule has 2 amide bonds. The summed E-state index contributed by atoms with van der Waals surface area (Å²) >= 11 is 6.06. The molecule has 0 aliphatic carbocycles. The molecule has 0 saturated carbocycles. The molecule has 2 heterocycles. The molecule has 8 heteroatoms. The number of hydrogen-bond donors (Lipinski definition) is 1. The van der Waals surface area contributed by atoms with Gasteiger partial charge in [-0.3, -0.25) is 14.3 Å². The molecule has 0 unspecified atom stereocenters. The number of carbonyl (C=O) groups is 2. The van der Waals surface area contributed by atoms with Crippen molar-refractivity contribution in [2.45, 2.75) is 19.0 Å². The Morgan fingerprint density at radius 2 is 2.21 bits per heavy atom. The van der Waals surface area contributed by atoms with Gasteiger partial charge < -0.3 is 10.2 Å². The van der Waals surface area contributed by atoms with E-state index < -0.39 is 5.92 Å². The number of halogens is 1. The van der Waals surface area contributed by atoms with E-state index in [4.69, 9.17) is 11.6 Å². The smallest absolute Gasteiger partial charge is 0.226 e. The molecule has 0 radical (unpaired) electrons. The normalized spacial score (nSPS) is 20.5. The van der Waals surface area contributed by atoms with Crippen LogP contribution in [0.2, 0.25) is 5.02 Å². The topological polar surface area (TPSA) is 80.1 Å². The summed E-state index contributed by atoms with van der Waals surface area (Å²) in [7, 11) is 3.47. The molecule has 3 rings (SSSR count). The predicted octanol–water partition coefficient (Wildman–Crippen LogP) is 1.30. The fraction of sp³-hybridized carbons (Fsp3) is 0.375. The summed E-state index contributed by atoms with van der Waals surface area (Å²) < 4.78 is 1.57. The molecule has 7 nitrogen and oxygen atoms in total. The van der Waals surface area contributed by atoms with Crippen LogP contribution in [-0.4, -0.2) is 38.5 Å². The largest absolute Gasteiger partial charge is 0.348 e. The summed E-state index contributed by atoms with van der Waals surface area (Å²) in [4.78, 5) is 30.4. The number of amides is 2. The van der Waals surface area contributed by atoms with Crippen molar-refractivity contribution in [3.05, 3.63) is 47.0 Å².